The van der Waals surface area contributed by atoms with Gasteiger partial charge in [0.15, 0.2) is 0 Å². The van der Waals surface area contributed by atoms with Crippen LogP contribution in [0.1, 0.15) is 89.8 Å². The lowest BCUT2D eigenvalue weighted by Crippen LogP contribution is -2.40. The van der Waals surface area contributed by atoms with Crippen molar-refractivity contribution < 1.29 is 13.2 Å². The maximum atomic E-state index is 14.3. The molecule has 316 valence electrons. The molecular weight excluding hydrogens is 770 g/mol. The molecule has 2 aliphatic carbocycles. The maximum Gasteiger partial charge on any atom is 0.416 e. The van der Waals surface area contributed by atoms with Crippen LogP contribution in [0.2, 0.25) is 0 Å². The average molecular weight is 827 g/mol. The molecule has 0 saturated carbocycles. The molecule has 0 radical (unpaired) electrons. The molecule has 2 unspecified atom stereocenters. The number of hydrogen-bond donors (Lipinski definition) is 0. The van der Waals surface area contributed by atoms with Crippen LogP contribution in [-0.2, 0) is 11.6 Å². The number of anilines is 3. The van der Waals surface area contributed by atoms with Crippen molar-refractivity contribution >= 4 is 17.1 Å². The van der Waals surface area contributed by atoms with Gasteiger partial charge in [0.25, 0.3) is 0 Å². The van der Waals surface area contributed by atoms with E-state index in [-0.39, 0.29) is 22.8 Å². The minimum Gasteiger partial charge on any atom is -0.342 e. The third-order valence-electron chi connectivity index (χ3n) is 12.5. The molecule has 2 aliphatic rings. The zero-order chi connectivity index (χ0) is 43.6. The van der Waals surface area contributed by atoms with Crippen LogP contribution in [-0.4, -0.2) is 6.04 Å². The van der Waals surface area contributed by atoms with Gasteiger partial charge in [-0.1, -0.05) is 175 Å². The second-order valence-corrected chi connectivity index (χ2v) is 18.9. The molecule has 0 fully saturated rings. The number of halogens is 3. The van der Waals surface area contributed by atoms with Crippen LogP contribution in [0.4, 0.5) is 30.2 Å². The van der Waals surface area contributed by atoms with E-state index in [0.29, 0.717) is 18.4 Å². The van der Waals surface area contributed by atoms with E-state index in [0.717, 1.165) is 57.9 Å². The highest BCUT2D eigenvalue weighted by molar-refractivity contribution is 5.74. The largest absolute Gasteiger partial charge is 0.416 e. The summed E-state index contributed by atoms with van der Waals surface area (Å²) in [6.45, 7) is 13.5. The van der Waals surface area contributed by atoms with Gasteiger partial charge < -0.3 is 9.80 Å². The number of hydrogen-bond acceptors (Lipinski definition) is 2. The second-order valence-electron chi connectivity index (χ2n) is 18.9. The Morgan fingerprint density at radius 2 is 1.02 bits per heavy atom. The maximum absolute atomic E-state index is 14.3. The summed E-state index contributed by atoms with van der Waals surface area (Å²) in [4.78, 5) is 4.83. The molecule has 0 aromatic heterocycles. The third kappa shape index (κ3) is 9.53. The molecule has 2 atom stereocenters. The SMILES string of the molecule is CC(C)(C)C1=CC=C(N(c2ccc(-c3ccccc3)cc2)C2CC(N(c3ccc(-c4ccccc4)cc3)c3ccc(C(C)(C)C)cc3)=CC(c3cccc(C(F)(F)F)c3)C2)CC1. The lowest BCUT2D eigenvalue weighted by molar-refractivity contribution is -0.137. The van der Waals surface area contributed by atoms with Crippen molar-refractivity contribution in [2.24, 2.45) is 5.41 Å². The fourth-order valence-corrected chi connectivity index (χ4v) is 9.06. The minimum absolute atomic E-state index is 0.0317. The summed E-state index contributed by atoms with van der Waals surface area (Å²) in [5.41, 5.74) is 12.6. The molecule has 0 heterocycles. The lowest BCUT2D eigenvalue weighted by Gasteiger charge is -2.43. The number of rotatable bonds is 9. The molecule has 2 nitrogen and oxygen atoms in total. The molecule has 0 saturated heterocycles. The normalized spacial score (nSPS) is 17.1. The van der Waals surface area contributed by atoms with Gasteiger partial charge in [-0.2, -0.15) is 13.2 Å². The summed E-state index contributed by atoms with van der Waals surface area (Å²) in [6, 6.07) is 52.9. The van der Waals surface area contributed by atoms with Crippen LogP contribution in [0.5, 0.6) is 0 Å². The highest BCUT2D eigenvalue weighted by atomic mass is 19.4. The van der Waals surface area contributed by atoms with Crippen molar-refractivity contribution in [2.45, 2.75) is 90.8 Å². The molecule has 0 amide bonds. The van der Waals surface area contributed by atoms with Gasteiger partial charge in [0.2, 0.25) is 0 Å². The quantitative estimate of drug-likeness (QED) is 0.143. The first kappa shape index (κ1) is 42.6. The molecule has 5 heteroatoms. The highest BCUT2D eigenvalue weighted by Crippen LogP contribution is 2.45. The Bertz CT molecular complexity index is 2550. The standard InChI is InChI=1S/C57H57F3N2/c1-55(2,3)46-24-32-51(33-25-46)61(49-28-20-42(21-29-49)40-14-9-7-10-15-40)53-37-45(44-18-13-19-48(36-44)57(58,59)60)38-54(39-53)62(52-34-26-47(27-35-52)56(4,5)6)50-30-22-43(23-31-50)41-16-11-8-12-17-41/h7-26,28-34,36-37,45,54H,27,35,38-39H2,1-6H3. The van der Waals surface area contributed by atoms with E-state index in [4.69, 9.17) is 0 Å². The molecule has 0 aliphatic heterocycles. The van der Waals surface area contributed by atoms with E-state index >= 15 is 0 Å². The van der Waals surface area contributed by atoms with Gasteiger partial charge in [0.05, 0.1) is 5.56 Å². The van der Waals surface area contributed by atoms with Crippen molar-refractivity contribution in [1.82, 2.24) is 0 Å². The van der Waals surface area contributed by atoms with E-state index < -0.39 is 11.7 Å². The van der Waals surface area contributed by atoms with E-state index in [1.165, 1.54) is 29.0 Å². The van der Waals surface area contributed by atoms with Crippen molar-refractivity contribution in [3.8, 4) is 22.3 Å². The van der Waals surface area contributed by atoms with Crippen molar-refractivity contribution in [2.75, 3.05) is 9.80 Å². The summed E-state index contributed by atoms with van der Waals surface area (Å²) < 4.78 is 43.0. The summed E-state index contributed by atoms with van der Waals surface area (Å²) in [5, 5.41) is 0. The van der Waals surface area contributed by atoms with E-state index in [9.17, 15) is 13.2 Å². The third-order valence-corrected chi connectivity index (χ3v) is 12.5. The first-order valence-corrected chi connectivity index (χ1v) is 21.9. The van der Waals surface area contributed by atoms with Crippen LogP contribution in [0.25, 0.3) is 22.3 Å². The van der Waals surface area contributed by atoms with Crippen molar-refractivity contribution in [3.05, 3.63) is 210 Å². The zero-order valence-corrected chi connectivity index (χ0v) is 36.8. The van der Waals surface area contributed by atoms with Crippen molar-refractivity contribution in [1.29, 1.82) is 0 Å². The van der Waals surface area contributed by atoms with Crippen LogP contribution < -0.4 is 9.80 Å². The summed E-state index contributed by atoms with van der Waals surface area (Å²) >= 11 is 0. The van der Waals surface area contributed by atoms with Gasteiger partial charge >= 0.3 is 6.18 Å². The van der Waals surface area contributed by atoms with Gasteiger partial charge in [-0.3, -0.25) is 0 Å². The summed E-state index contributed by atoms with van der Waals surface area (Å²) in [7, 11) is 0. The molecule has 0 bridgehead atoms. The van der Waals surface area contributed by atoms with Gasteiger partial charge in [-0.05, 0) is 112 Å². The Balaban J connectivity index is 1.29. The Kier molecular flexibility index (Phi) is 11.9. The molecular formula is C57H57F3N2. The van der Waals surface area contributed by atoms with E-state index in [1.807, 2.05) is 18.2 Å². The number of alkyl halides is 3. The molecule has 6 aromatic carbocycles. The van der Waals surface area contributed by atoms with E-state index in [2.05, 4.69) is 191 Å². The van der Waals surface area contributed by atoms with Crippen LogP contribution in [0.15, 0.2) is 193 Å². The Morgan fingerprint density at radius 3 is 1.52 bits per heavy atom. The van der Waals surface area contributed by atoms with Gasteiger partial charge in [0.1, 0.15) is 0 Å². The molecule has 6 aromatic rings. The fourth-order valence-electron chi connectivity index (χ4n) is 9.06. The summed E-state index contributed by atoms with van der Waals surface area (Å²) in [6.07, 6.45) is 5.50. The number of nitrogens with zero attached hydrogens (tertiary/aromatic N) is 2. The molecule has 62 heavy (non-hydrogen) atoms. The fraction of sp³-hybridized carbons (Fsp3) is 0.263. The van der Waals surface area contributed by atoms with Crippen LogP contribution in [0.3, 0.4) is 0 Å². The highest BCUT2D eigenvalue weighted by Gasteiger charge is 2.36. The number of allylic oxidation sites excluding steroid dienone is 5. The minimum atomic E-state index is -4.45. The Labute approximate surface area is 366 Å². The zero-order valence-electron chi connectivity index (χ0n) is 36.8. The van der Waals surface area contributed by atoms with Crippen molar-refractivity contribution in [3.63, 3.8) is 0 Å². The monoisotopic (exact) mass is 826 g/mol. The summed E-state index contributed by atoms with van der Waals surface area (Å²) in [5.74, 6) is -0.290. The Morgan fingerprint density at radius 1 is 0.484 bits per heavy atom. The number of benzene rings is 6. The average Bonchev–Trinajstić information content (AvgIpc) is 3.27. The predicted octanol–water partition coefficient (Wildman–Crippen LogP) is 16.5. The second kappa shape index (κ2) is 17.4. The first-order chi connectivity index (χ1) is 29.6. The van der Waals surface area contributed by atoms with E-state index in [1.54, 1.807) is 6.07 Å². The molecule has 0 spiro atoms. The van der Waals surface area contributed by atoms with Gasteiger partial charge in [0, 0.05) is 46.8 Å². The predicted molar refractivity (Wildman–Crippen MR) is 254 cm³/mol. The van der Waals surface area contributed by atoms with Gasteiger partial charge in [-0.15, -0.1) is 0 Å². The Hall–Kier alpha value is -6.07. The van der Waals surface area contributed by atoms with Crippen LogP contribution >= 0.6 is 0 Å². The molecule has 0 N–H and O–H groups in total. The first-order valence-electron chi connectivity index (χ1n) is 21.9. The molecule has 8 rings (SSSR count). The lowest BCUT2D eigenvalue weighted by atomic mass is 9.80. The topological polar surface area (TPSA) is 6.48 Å². The van der Waals surface area contributed by atoms with Crippen LogP contribution in [0, 0.1) is 5.41 Å². The smallest absolute Gasteiger partial charge is 0.342 e. The van der Waals surface area contributed by atoms with Gasteiger partial charge in [-0.25, -0.2) is 0 Å².